The lowest BCUT2D eigenvalue weighted by Gasteiger charge is -2.20. The maximum absolute atomic E-state index is 5.98. The maximum Gasteiger partial charge on any atom is 0.136 e. The number of furan rings is 1. The molecule has 1 heterocycles. The molecule has 0 radical (unpaired) electrons. The molecule has 0 saturated heterocycles. The van der Waals surface area contributed by atoms with Crippen molar-refractivity contribution in [1.29, 1.82) is 0 Å². The molecule has 4 aromatic rings. The first-order valence-electron chi connectivity index (χ1n) is 6.10. The van der Waals surface area contributed by atoms with E-state index in [0.29, 0.717) is 0 Å². The zero-order chi connectivity index (χ0) is 11.0. The molecule has 1 aliphatic carbocycles. The molecule has 0 bridgehead atoms. The molecular weight excluding hydrogens is 208 g/mol. The highest BCUT2D eigenvalue weighted by Gasteiger charge is 2.21. The standard InChI is InChI=1S/C16H10O/c1-2-9-4-7-12-11-6-5-10(11)8-14-16(12)15(9)13(3-1)17-14/h1-4,7-8H,5-6H2. The largest absolute Gasteiger partial charge is 0.456 e. The van der Waals surface area contributed by atoms with Crippen molar-refractivity contribution in [3.05, 3.63) is 47.5 Å². The van der Waals surface area contributed by atoms with Crippen LogP contribution in [-0.2, 0) is 12.8 Å². The van der Waals surface area contributed by atoms with Crippen molar-refractivity contribution in [2.75, 3.05) is 0 Å². The summed E-state index contributed by atoms with van der Waals surface area (Å²) in [6.07, 6.45) is 2.43. The minimum absolute atomic E-state index is 1.02. The van der Waals surface area contributed by atoms with E-state index in [1.807, 2.05) is 0 Å². The van der Waals surface area contributed by atoms with Gasteiger partial charge in [0, 0.05) is 10.8 Å². The fourth-order valence-electron chi connectivity index (χ4n) is 3.23. The van der Waals surface area contributed by atoms with Crippen LogP contribution in [0.15, 0.2) is 40.8 Å². The van der Waals surface area contributed by atoms with E-state index in [4.69, 9.17) is 4.42 Å². The Balaban J connectivity index is 2.24. The van der Waals surface area contributed by atoms with Gasteiger partial charge in [0.1, 0.15) is 11.2 Å². The number of hydrogen-bond donors (Lipinski definition) is 0. The molecule has 17 heavy (non-hydrogen) atoms. The summed E-state index contributed by atoms with van der Waals surface area (Å²) in [7, 11) is 0. The second-order valence-corrected chi connectivity index (χ2v) is 4.96. The highest BCUT2D eigenvalue weighted by molar-refractivity contribution is 6.22. The van der Waals surface area contributed by atoms with E-state index in [-0.39, 0.29) is 0 Å². The van der Waals surface area contributed by atoms with Crippen LogP contribution in [0.2, 0.25) is 0 Å². The Hall–Kier alpha value is -2.02. The number of hydrogen-bond acceptors (Lipinski definition) is 1. The highest BCUT2D eigenvalue weighted by Crippen LogP contribution is 2.42. The fourth-order valence-corrected chi connectivity index (χ4v) is 3.23. The van der Waals surface area contributed by atoms with Crippen molar-refractivity contribution < 1.29 is 4.42 Å². The molecule has 3 aromatic carbocycles. The average Bonchev–Trinajstić information content (AvgIpc) is 2.68. The monoisotopic (exact) mass is 218 g/mol. The van der Waals surface area contributed by atoms with Gasteiger partial charge in [-0.05, 0) is 46.9 Å². The van der Waals surface area contributed by atoms with E-state index < -0.39 is 0 Å². The smallest absolute Gasteiger partial charge is 0.136 e. The van der Waals surface area contributed by atoms with Crippen LogP contribution in [0.1, 0.15) is 11.1 Å². The molecule has 0 unspecified atom stereocenters. The van der Waals surface area contributed by atoms with Gasteiger partial charge in [-0.2, -0.15) is 0 Å². The second kappa shape index (κ2) is 2.45. The Bertz CT molecular complexity index is 882. The summed E-state index contributed by atoms with van der Waals surface area (Å²) >= 11 is 0. The summed E-state index contributed by atoms with van der Waals surface area (Å²) in [6, 6.07) is 13.0. The first-order chi connectivity index (χ1) is 8.42. The molecule has 1 nitrogen and oxygen atoms in total. The van der Waals surface area contributed by atoms with Crippen LogP contribution in [-0.4, -0.2) is 0 Å². The Morgan fingerprint density at radius 3 is 2.76 bits per heavy atom. The quantitative estimate of drug-likeness (QED) is 0.401. The van der Waals surface area contributed by atoms with Gasteiger partial charge >= 0.3 is 0 Å². The highest BCUT2D eigenvalue weighted by atomic mass is 16.3. The van der Waals surface area contributed by atoms with Gasteiger partial charge in [0.25, 0.3) is 0 Å². The van der Waals surface area contributed by atoms with Gasteiger partial charge in [0.05, 0.1) is 0 Å². The summed E-state index contributed by atoms with van der Waals surface area (Å²) in [5, 5.41) is 5.32. The van der Waals surface area contributed by atoms with E-state index >= 15 is 0 Å². The summed E-state index contributed by atoms with van der Waals surface area (Å²) in [6.45, 7) is 0. The Morgan fingerprint density at radius 2 is 1.88 bits per heavy atom. The van der Waals surface area contributed by atoms with Crippen molar-refractivity contribution >= 4 is 32.7 Å². The first-order valence-corrected chi connectivity index (χ1v) is 6.10. The summed E-state index contributed by atoms with van der Waals surface area (Å²) in [4.78, 5) is 0. The minimum atomic E-state index is 1.02. The first kappa shape index (κ1) is 8.13. The molecule has 1 aromatic heterocycles. The van der Waals surface area contributed by atoms with Crippen LogP contribution < -0.4 is 0 Å². The number of rotatable bonds is 0. The molecule has 0 spiro atoms. The van der Waals surface area contributed by atoms with E-state index in [1.54, 1.807) is 0 Å². The van der Waals surface area contributed by atoms with Gasteiger partial charge < -0.3 is 4.42 Å². The average molecular weight is 218 g/mol. The predicted octanol–water partition coefficient (Wildman–Crippen LogP) is 4.28. The number of aryl methyl sites for hydroxylation is 2. The van der Waals surface area contributed by atoms with Crippen molar-refractivity contribution in [3.63, 3.8) is 0 Å². The molecule has 1 heteroatoms. The van der Waals surface area contributed by atoms with Crippen LogP contribution in [0, 0.1) is 0 Å². The molecule has 0 amide bonds. The van der Waals surface area contributed by atoms with Gasteiger partial charge in [0.15, 0.2) is 0 Å². The Labute approximate surface area is 98.0 Å². The third kappa shape index (κ3) is 0.803. The van der Waals surface area contributed by atoms with Crippen molar-refractivity contribution in [3.8, 4) is 0 Å². The molecule has 5 rings (SSSR count). The molecular formula is C16H10O. The molecule has 0 aliphatic heterocycles. The third-order valence-electron chi connectivity index (χ3n) is 4.14. The van der Waals surface area contributed by atoms with E-state index in [0.717, 1.165) is 11.2 Å². The molecule has 0 fully saturated rings. The fraction of sp³-hybridized carbons (Fsp3) is 0.125. The van der Waals surface area contributed by atoms with Crippen LogP contribution in [0.25, 0.3) is 32.7 Å². The van der Waals surface area contributed by atoms with Crippen molar-refractivity contribution in [2.45, 2.75) is 12.8 Å². The lowest BCUT2D eigenvalue weighted by atomic mass is 9.83. The topological polar surface area (TPSA) is 13.1 Å². The minimum Gasteiger partial charge on any atom is -0.456 e. The third-order valence-corrected chi connectivity index (χ3v) is 4.14. The SMILES string of the molecule is c1cc2ccc3c4c(cc5oc(c1)c2c53)CC4. The van der Waals surface area contributed by atoms with Gasteiger partial charge in [-0.15, -0.1) is 0 Å². The van der Waals surface area contributed by atoms with E-state index in [9.17, 15) is 0 Å². The van der Waals surface area contributed by atoms with Gasteiger partial charge in [-0.25, -0.2) is 0 Å². The number of benzene rings is 3. The van der Waals surface area contributed by atoms with Gasteiger partial charge in [0.2, 0.25) is 0 Å². The van der Waals surface area contributed by atoms with Gasteiger partial charge in [-0.1, -0.05) is 24.3 Å². The van der Waals surface area contributed by atoms with Crippen LogP contribution >= 0.6 is 0 Å². The summed E-state index contributed by atoms with van der Waals surface area (Å²) < 4.78 is 5.98. The Kier molecular flexibility index (Phi) is 1.17. The number of fused-ring (bicyclic) bond motifs is 2. The maximum atomic E-state index is 5.98. The Morgan fingerprint density at radius 1 is 0.882 bits per heavy atom. The molecule has 0 saturated carbocycles. The normalized spacial score (nSPS) is 14.6. The lowest BCUT2D eigenvalue weighted by molar-refractivity contribution is 0.667. The molecule has 1 aliphatic rings. The predicted molar refractivity (Wildman–Crippen MR) is 69.8 cm³/mol. The lowest BCUT2D eigenvalue weighted by Crippen LogP contribution is -2.08. The van der Waals surface area contributed by atoms with Crippen LogP contribution in [0.5, 0.6) is 0 Å². The zero-order valence-electron chi connectivity index (χ0n) is 9.29. The molecule has 0 N–H and O–H groups in total. The van der Waals surface area contributed by atoms with Gasteiger partial charge in [-0.3, -0.25) is 0 Å². The van der Waals surface area contributed by atoms with Crippen molar-refractivity contribution in [2.24, 2.45) is 0 Å². The van der Waals surface area contributed by atoms with E-state index in [2.05, 4.69) is 36.4 Å². The molecule has 80 valence electrons. The molecule has 0 atom stereocenters. The van der Waals surface area contributed by atoms with Crippen molar-refractivity contribution in [1.82, 2.24) is 0 Å². The van der Waals surface area contributed by atoms with E-state index in [1.165, 1.54) is 45.5 Å². The zero-order valence-corrected chi connectivity index (χ0v) is 9.29. The second-order valence-electron chi connectivity index (χ2n) is 4.96. The summed E-state index contributed by atoms with van der Waals surface area (Å²) in [5.74, 6) is 0. The summed E-state index contributed by atoms with van der Waals surface area (Å²) in [5.41, 5.74) is 5.09. The van der Waals surface area contributed by atoms with Crippen LogP contribution in [0.4, 0.5) is 0 Å². The van der Waals surface area contributed by atoms with Crippen LogP contribution in [0.3, 0.4) is 0 Å².